The van der Waals surface area contributed by atoms with Crippen LogP contribution in [0.4, 0.5) is 0 Å². The Morgan fingerprint density at radius 1 is 0.947 bits per heavy atom. The van der Waals surface area contributed by atoms with Crippen LogP contribution in [-0.4, -0.2) is 4.98 Å². The van der Waals surface area contributed by atoms with Gasteiger partial charge >= 0.3 is 0 Å². The Hall–Kier alpha value is -1.71. The van der Waals surface area contributed by atoms with Gasteiger partial charge in [0.1, 0.15) is 0 Å². The van der Waals surface area contributed by atoms with Gasteiger partial charge in [-0.3, -0.25) is 10.8 Å². The van der Waals surface area contributed by atoms with E-state index in [1.807, 2.05) is 19.2 Å². The van der Waals surface area contributed by atoms with Crippen molar-refractivity contribution < 1.29 is 0 Å². The van der Waals surface area contributed by atoms with Gasteiger partial charge in [-0.05, 0) is 35.6 Å². The molecule has 2 rings (SSSR count). The Morgan fingerprint density at radius 2 is 1.53 bits per heavy atom. The summed E-state index contributed by atoms with van der Waals surface area (Å²) < 4.78 is 0. The lowest BCUT2D eigenvalue weighted by Crippen LogP contribution is -2.28. The van der Waals surface area contributed by atoms with Gasteiger partial charge in [0, 0.05) is 11.9 Å². The summed E-state index contributed by atoms with van der Waals surface area (Å²) in [4.78, 5) is 4.32. The lowest BCUT2D eigenvalue weighted by molar-refractivity contribution is 0.634. The average molecular weight is 255 g/mol. The molecule has 1 heterocycles. The van der Waals surface area contributed by atoms with Crippen molar-refractivity contribution in [3.05, 3.63) is 65.0 Å². The van der Waals surface area contributed by atoms with E-state index >= 15 is 0 Å². The van der Waals surface area contributed by atoms with Crippen LogP contribution < -0.4 is 11.3 Å². The summed E-state index contributed by atoms with van der Waals surface area (Å²) in [5.74, 6) is 6.24. The standard InChI is InChI=1S/C16H21N3/c1-11(2)13-6-8-14(9-7-13)16(19-17)15-5-4-12(3)18-10-15/h4-11,16,19H,17H2,1-3H3. The molecule has 0 aliphatic heterocycles. The van der Waals surface area contributed by atoms with Crippen molar-refractivity contribution in [2.45, 2.75) is 32.7 Å². The predicted molar refractivity (Wildman–Crippen MR) is 78.7 cm³/mol. The Balaban J connectivity index is 2.28. The third kappa shape index (κ3) is 3.19. The van der Waals surface area contributed by atoms with E-state index < -0.39 is 0 Å². The van der Waals surface area contributed by atoms with Crippen molar-refractivity contribution in [1.29, 1.82) is 0 Å². The summed E-state index contributed by atoms with van der Waals surface area (Å²) >= 11 is 0. The zero-order chi connectivity index (χ0) is 13.8. The molecule has 0 saturated heterocycles. The lowest BCUT2D eigenvalue weighted by Gasteiger charge is -2.17. The molecule has 19 heavy (non-hydrogen) atoms. The minimum absolute atomic E-state index is 0.0192. The smallest absolute Gasteiger partial charge is 0.0725 e. The van der Waals surface area contributed by atoms with Gasteiger partial charge in [0.15, 0.2) is 0 Å². The number of hydrogen-bond acceptors (Lipinski definition) is 3. The summed E-state index contributed by atoms with van der Waals surface area (Å²) in [6, 6.07) is 12.6. The first-order valence-electron chi connectivity index (χ1n) is 6.60. The molecule has 1 atom stereocenters. The molecule has 0 fully saturated rings. The van der Waals surface area contributed by atoms with Crippen LogP contribution in [0.1, 0.15) is 48.2 Å². The van der Waals surface area contributed by atoms with E-state index in [-0.39, 0.29) is 6.04 Å². The van der Waals surface area contributed by atoms with Crippen molar-refractivity contribution in [2.24, 2.45) is 5.84 Å². The molecule has 100 valence electrons. The van der Waals surface area contributed by atoms with E-state index in [9.17, 15) is 0 Å². The second kappa shape index (κ2) is 5.95. The van der Waals surface area contributed by atoms with Crippen LogP contribution >= 0.6 is 0 Å². The van der Waals surface area contributed by atoms with Crippen LogP contribution in [0, 0.1) is 6.92 Å². The highest BCUT2D eigenvalue weighted by Gasteiger charge is 2.12. The lowest BCUT2D eigenvalue weighted by atomic mass is 9.96. The highest BCUT2D eigenvalue weighted by atomic mass is 15.2. The van der Waals surface area contributed by atoms with Gasteiger partial charge in [0.05, 0.1) is 6.04 Å². The molecule has 2 aromatic rings. The number of aromatic nitrogens is 1. The Morgan fingerprint density at radius 3 is 2.00 bits per heavy atom. The van der Waals surface area contributed by atoms with E-state index in [0.717, 1.165) is 16.8 Å². The Kier molecular flexibility index (Phi) is 4.30. The number of hydrazine groups is 1. The number of nitrogens with one attached hydrogen (secondary N) is 1. The van der Waals surface area contributed by atoms with Crippen LogP contribution in [0.2, 0.25) is 0 Å². The summed E-state index contributed by atoms with van der Waals surface area (Å²) in [7, 11) is 0. The second-order valence-corrected chi connectivity index (χ2v) is 5.15. The van der Waals surface area contributed by atoms with Crippen LogP contribution in [0.5, 0.6) is 0 Å². The van der Waals surface area contributed by atoms with Crippen LogP contribution in [0.15, 0.2) is 42.6 Å². The first-order valence-corrected chi connectivity index (χ1v) is 6.60. The topological polar surface area (TPSA) is 50.9 Å². The largest absolute Gasteiger partial charge is 0.271 e. The molecule has 0 aliphatic rings. The van der Waals surface area contributed by atoms with Crippen LogP contribution in [0.25, 0.3) is 0 Å². The SMILES string of the molecule is Cc1ccc(C(NN)c2ccc(C(C)C)cc2)cn1. The second-order valence-electron chi connectivity index (χ2n) is 5.15. The monoisotopic (exact) mass is 255 g/mol. The van der Waals surface area contributed by atoms with Gasteiger partial charge in [-0.1, -0.05) is 44.2 Å². The molecule has 1 unspecified atom stereocenters. The predicted octanol–water partition coefficient (Wildman–Crippen LogP) is 3.07. The number of rotatable bonds is 4. The van der Waals surface area contributed by atoms with E-state index in [2.05, 4.69) is 54.6 Å². The third-order valence-electron chi connectivity index (χ3n) is 3.37. The summed E-state index contributed by atoms with van der Waals surface area (Å²) in [5, 5.41) is 0. The summed E-state index contributed by atoms with van der Waals surface area (Å²) in [6.45, 7) is 6.36. The number of nitrogens with zero attached hydrogens (tertiary/aromatic N) is 1. The van der Waals surface area contributed by atoms with E-state index in [1.54, 1.807) is 0 Å². The summed E-state index contributed by atoms with van der Waals surface area (Å²) in [6.07, 6.45) is 1.87. The van der Waals surface area contributed by atoms with Crippen molar-refractivity contribution in [1.82, 2.24) is 10.4 Å². The molecular formula is C16H21N3. The number of benzene rings is 1. The van der Waals surface area contributed by atoms with E-state index in [0.29, 0.717) is 5.92 Å². The normalized spacial score (nSPS) is 12.7. The van der Waals surface area contributed by atoms with E-state index in [4.69, 9.17) is 5.84 Å². The maximum Gasteiger partial charge on any atom is 0.0725 e. The van der Waals surface area contributed by atoms with Crippen LogP contribution in [-0.2, 0) is 0 Å². The molecule has 0 spiro atoms. The molecule has 3 N–H and O–H groups in total. The fourth-order valence-electron chi connectivity index (χ4n) is 2.11. The zero-order valence-electron chi connectivity index (χ0n) is 11.7. The van der Waals surface area contributed by atoms with Crippen molar-refractivity contribution >= 4 is 0 Å². The first kappa shape index (κ1) is 13.7. The molecule has 1 aromatic carbocycles. The fraction of sp³-hybridized carbons (Fsp3) is 0.312. The Labute approximate surface area is 114 Å². The van der Waals surface area contributed by atoms with Gasteiger partial charge in [0.25, 0.3) is 0 Å². The fourth-order valence-corrected chi connectivity index (χ4v) is 2.11. The van der Waals surface area contributed by atoms with Crippen molar-refractivity contribution in [3.8, 4) is 0 Å². The molecule has 0 amide bonds. The average Bonchev–Trinajstić information content (AvgIpc) is 2.42. The maximum absolute atomic E-state index is 5.69. The Bertz CT molecular complexity index is 515. The highest BCUT2D eigenvalue weighted by molar-refractivity contribution is 5.33. The van der Waals surface area contributed by atoms with E-state index in [1.165, 1.54) is 5.56 Å². The first-order chi connectivity index (χ1) is 9.11. The van der Waals surface area contributed by atoms with Gasteiger partial charge in [-0.25, -0.2) is 5.43 Å². The molecule has 0 bridgehead atoms. The quantitative estimate of drug-likeness (QED) is 0.652. The zero-order valence-corrected chi connectivity index (χ0v) is 11.7. The minimum Gasteiger partial charge on any atom is -0.271 e. The number of nitrogens with two attached hydrogens (primary N) is 1. The molecule has 1 aromatic heterocycles. The van der Waals surface area contributed by atoms with Gasteiger partial charge in [-0.15, -0.1) is 0 Å². The van der Waals surface area contributed by atoms with Crippen molar-refractivity contribution in [2.75, 3.05) is 0 Å². The molecule has 3 heteroatoms. The van der Waals surface area contributed by atoms with Gasteiger partial charge in [0.2, 0.25) is 0 Å². The van der Waals surface area contributed by atoms with Crippen LogP contribution in [0.3, 0.4) is 0 Å². The number of pyridine rings is 1. The summed E-state index contributed by atoms with van der Waals surface area (Å²) in [5.41, 5.74) is 7.43. The molecule has 0 saturated carbocycles. The molecule has 0 radical (unpaired) electrons. The molecule has 3 nitrogen and oxygen atoms in total. The minimum atomic E-state index is -0.0192. The number of hydrogen-bond donors (Lipinski definition) is 2. The third-order valence-corrected chi connectivity index (χ3v) is 3.37. The van der Waals surface area contributed by atoms with Gasteiger partial charge in [-0.2, -0.15) is 0 Å². The molecule has 0 aliphatic carbocycles. The van der Waals surface area contributed by atoms with Crippen molar-refractivity contribution in [3.63, 3.8) is 0 Å². The molecular weight excluding hydrogens is 234 g/mol. The maximum atomic E-state index is 5.69. The van der Waals surface area contributed by atoms with Gasteiger partial charge < -0.3 is 0 Å². The number of aryl methyl sites for hydroxylation is 1. The highest BCUT2D eigenvalue weighted by Crippen LogP contribution is 2.23.